The predicted octanol–water partition coefficient (Wildman–Crippen LogP) is 19.5. The Kier molecular flexibility index (Phi) is 53.7. The van der Waals surface area contributed by atoms with Crippen molar-refractivity contribution in [2.75, 3.05) is 13.2 Å². The Morgan fingerprint density at radius 3 is 0.864 bits per heavy atom. The quantitative estimate of drug-likeness (QED) is 0.0262. The third-order valence-electron chi connectivity index (χ3n) is 13.2. The van der Waals surface area contributed by atoms with Crippen LogP contribution < -0.4 is 0 Å². The van der Waals surface area contributed by atoms with Crippen molar-refractivity contribution in [3.05, 3.63) is 24.3 Å². The molecule has 0 radical (unpaired) electrons. The molecule has 6 heteroatoms. The minimum absolute atomic E-state index is 0.0690. The smallest absolute Gasteiger partial charge is 0.306 e. The first kappa shape index (κ1) is 63.9. The van der Waals surface area contributed by atoms with Crippen LogP contribution in [0.2, 0.25) is 0 Å². The molecule has 0 aliphatic rings. The summed E-state index contributed by atoms with van der Waals surface area (Å²) in [6.45, 7) is 6.65. The average molecular weight is 930 g/mol. The largest absolute Gasteiger partial charge is 0.462 e. The molecular formula is C60H112O6. The van der Waals surface area contributed by atoms with E-state index in [0.29, 0.717) is 19.3 Å². The van der Waals surface area contributed by atoms with Gasteiger partial charge >= 0.3 is 17.9 Å². The van der Waals surface area contributed by atoms with Gasteiger partial charge in [0, 0.05) is 19.3 Å². The Morgan fingerprint density at radius 2 is 0.545 bits per heavy atom. The predicted molar refractivity (Wildman–Crippen MR) is 284 cm³/mol. The van der Waals surface area contributed by atoms with E-state index in [9.17, 15) is 14.4 Å². The standard InChI is InChI=1S/C60H112O6/c1-4-7-10-13-16-19-22-24-26-28-29-30-32-33-35-38-41-44-47-50-53-59(62)65-56-57(55-64-58(61)52-49-46-43-40-37-21-18-15-12-9-6-3)66-60(63)54-51-48-45-42-39-36-34-31-27-25-23-20-17-14-11-8-5-2/h17,20,25,27,57H,4-16,18-19,21-24,26,28-56H2,1-3H3/b20-17-,27-25-. The molecule has 1 atom stereocenters. The van der Waals surface area contributed by atoms with Gasteiger partial charge in [-0.05, 0) is 51.4 Å². The number of unbranched alkanes of at least 4 members (excludes halogenated alkanes) is 39. The third kappa shape index (κ3) is 52.9. The van der Waals surface area contributed by atoms with E-state index < -0.39 is 6.10 Å². The maximum Gasteiger partial charge on any atom is 0.306 e. The van der Waals surface area contributed by atoms with Gasteiger partial charge < -0.3 is 14.2 Å². The number of ether oxygens (including phenoxy) is 3. The Balaban J connectivity index is 4.27. The van der Waals surface area contributed by atoms with E-state index in [1.165, 1.54) is 212 Å². The number of allylic oxidation sites excluding steroid dienone is 4. The van der Waals surface area contributed by atoms with Crippen molar-refractivity contribution in [2.45, 2.75) is 329 Å². The highest BCUT2D eigenvalue weighted by molar-refractivity contribution is 5.71. The number of rotatable bonds is 54. The summed E-state index contributed by atoms with van der Waals surface area (Å²) in [6, 6.07) is 0. The van der Waals surface area contributed by atoms with Crippen molar-refractivity contribution < 1.29 is 28.6 Å². The van der Waals surface area contributed by atoms with Crippen molar-refractivity contribution in [1.82, 2.24) is 0 Å². The van der Waals surface area contributed by atoms with Gasteiger partial charge in [-0.2, -0.15) is 0 Å². The van der Waals surface area contributed by atoms with Crippen molar-refractivity contribution in [3.8, 4) is 0 Å². The molecule has 0 aliphatic heterocycles. The molecule has 0 saturated heterocycles. The van der Waals surface area contributed by atoms with Crippen molar-refractivity contribution >= 4 is 17.9 Å². The second-order valence-corrected chi connectivity index (χ2v) is 19.9. The maximum atomic E-state index is 12.8. The minimum Gasteiger partial charge on any atom is -0.462 e. The van der Waals surface area contributed by atoms with Gasteiger partial charge in [0.25, 0.3) is 0 Å². The van der Waals surface area contributed by atoms with Crippen LogP contribution in [0.5, 0.6) is 0 Å². The molecule has 0 amide bonds. The summed E-state index contributed by atoms with van der Waals surface area (Å²) < 4.78 is 16.9. The molecular weight excluding hydrogens is 817 g/mol. The van der Waals surface area contributed by atoms with Crippen LogP contribution in [0.15, 0.2) is 24.3 Å². The first-order valence-electron chi connectivity index (χ1n) is 29.3. The van der Waals surface area contributed by atoms with Crippen LogP contribution >= 0.6 is 0 Å². The lowest BCUT2D eigenvalue weighted by Crippen LogP contribution is -2.30. The summed E-state index contributed by atoms with van der Waals surface area (Å²) in [5, 5.41) is 0. The molecule has 388 valence electrons. The molecule has 0 N–H and O–H groups in total. The van der Waals surface area contributed by atoms with Crippen LogP contribution in [0, 0.1) is 0 Å². The first-order valence-corrected chi connectivity index (χ1v) is 29.3. The normalized spacial score (nSPS) is 12.1. The van der Waals surface area contributed by atoms with E-state index >= 15 is 0 Å². The number of hydrogen-bond acceptors (Lipinski definition) is 6. The Bertz CT molecular complexity index is 1070. The molecule has 0 bridgehead atoms. The lowest BCUT2D eigenvalue weighted by molar-refractivity contribution is -0.167. The number of carbonyl (C=O) groups is 3. The topological polar surface area (TPSA) is 78.9 Å². The average Bonchev–Trinajstić information content (AvgIpc) is 3.31. The fourth-order valence-corrected chi connectivity index (χ4v) is 8.77. The summed E-state index contributed by atoms with van der Waals surface area (Å²) in [4.78, 5) is 38.1. The second kappa shape index (κ2) is 55.5. The first-order chi connectivity index (χ1) is 32.5. The van der Waals surface area contributed by atoms with E-state index in [0.717, 1.165) is 70.6 Å². The van der Waals surface area contributed by atoms with E-state index in [1.807, 2.05) is 0 Å². The van der Waals surface area contributed by atoms with Crippen LogP contribution in [0.3, 0.4) is 0 Å². The highest BCUT2D eigenvalue weighted by Crippen LogP contribution is 2.17. The Morgan fingerprint density at radius 1 is 0.303 bits per heavy atom. The third-order valence-corrected chi connectivity index (χ3v) is 13.2. The van der Waals surface area contributed by atoms with E-state index in [2.05, 4.69) is 45.1 Å². The fraction of sp³-hybridized carbons (Fsp3) is 0.883. The molecule has 0 fully saturated rings. The minimum atomic E-state index is -0.770. The van der Waals surface area contributed by atoms with Gasteiger partial charge in [-0.25, -0.2) is 0 Å². The van der Waals surface area contributed by atoms with Gasteiger partial charge in [-0.3, -0.25) is 14.4 Å². The van der Waals surface area contributed by atoms with Gasteiger partial charge in [0.15, 0.2) is 6.10 Å². The number of carbonyl (C=O) groups excluding carboxylic acids is 3. The summed E-state index contributed by atoms with van der Waals surface area (Å²) in [6.07, 6.45) is 64.6. The number of hydrogen-bond donors (Lipinski definition) is 0. The van der Waals surface area contributed by atoms with Crippen LogP contribution in [-0.2, 0) is 28.6 Å². The molecule has 0 rings (SSSR count). The monoisotopic (exact) mass is 929 g/mol. The van der Waals surface area contributed by atoms with Gasteiger partial charge in [-0.1, -0.05) is 276 Å². The summed E-state index contributed by atoms with van der Waals surface area (Å²) in [7, 11) is 0. The maximum absolute atomic E-state index is 12.8. The summed E-state index contributed by atoms with van der Waals surface area (Å²) in [5.41, 5.74) is 0. The molecule has 0 aliphatic carbocycles. The Hall–Kier alpha value is -2.11. The molecule has 0 spiro atoms. The lowest BCUT2D eigenvalue weighted by Gasteiger charge is -2.18. The molecule has 0 aromatic heterocycles. The number of esters is 3. The molecule has 0 heterocycles. The SMILES string of the molecule is CCCCC/C=C\C/C=C\CCCCCCCCCC(=O)OC(COC(=O)CCCCCCCCCCCCC)COC(=O)CCCCCCCCCCCCCCCCCCCCCC. The molecule has 66 heavy (non-hydrogen) atoms. The summed E-state index contributed by atoms with van der Waals surface area (Å²) in [5.74, 6) is -0.856. The van der Waals surface area contributed by atoms with Gasteiger partial charge in [0.1, 0.15) is 13.2 Å². The Labute approximate surface area is 411 Å². The molecule has 6 nitrogen and oxygen atoms in total. The van der Waals surface area contributed by atoms with Gasteiger partial charge in [0.2, 0.25) is 0 Å². The van der Waals surface area contributed by atoms with Crippen LogP contribution in [0.25, 0.3) is 0 Å². The van der Waals surface area contributed by atoms with E-state index in [1.54, 1.807) is 0 Å². The van der Waals surface area contributed by atoms with Crippen molar-refractivity contribution in [1.29, 1.82) is 0 Å². The van der Waals surface area contributed by atoms with Crippen molar-refractivity contribution in [2.24, 2.45) is 0 Å². The molecule has 1 unspecified atom stereocenters. The van der Waals surface area contributed by atoms with Crippen molar-refractivity contribution in [3.63, 3.8) is 0 Å². The van der Waals surface area contributed by atoms with Crippen LogP contribution in [0.1, 0.15) is 323 Å². The zero-order valence-electron chi connectivity index (χ0n) is 44.5. The van der Waals surface area contributed by atoms with Gasteiger partial charge in [0.05, 0.1) is 0 Å². The molecule has 0 aromatic rings. The van der Waals surface area contributed by atoms with E-state index in [-0.39, 0.29) is 31.1 Å². The second-order valence-electron chi connectivity index (χ2n) is 19.9. The zero-order chi connectivity index (χ0) is 47.9. The zero-order valence-corrected chi connectivity index (χ0v) is 44.5. The van der Waals surface area contributed by atoms with Crippen LogP contribution in [-0.4, -0.2) is 37.2 Å². The fourth-order valence-electron chi connectivity index (χ4n) is 8.77. The summed E-state index contributed by atoms with van der Waals surface area (Å²) >= 11 is 0. The highest BCUT2D eigenvalue weighted by Gasteiger charge is 2.19. The van der Waals surface area contributed by atoms with E-state index in [4.69, 9.17) is 14.2 Å². The highest BCUT2D eigenvalue weighted by atomic mass is 16.6. The lowest BCUT2D eigenvalue weighted by atomic mass is 10.0. The van der Waals surface area contributed by atoms with Crippen LogP contribution in [0.4, 0.5) is 0 Å². The van der Waals surface area contributed by atoms with Gasteiger partial charge in [-0.15, -0.1) is 0 Å². The molecule has 0 aromatic carbocycles. The molecule has 0 saturated carbocycles.